The summed E-state index contributed by atoms with van der Waals surface area (Å²) in [5.74, 6) is 2.56. The molecule has 0 aliphatic carbocycles. The molecule has 4 heteroatoms. The standard InChI is InChI=1S/C11H20N2O2/c1-4-6-10(5-2)13-9-11(14)12-7-8-15-3/h1,10,13H,5-9H2,2-3H3,(H,12,14). The molecule has 2 N–H and O–H groups in total. The minimum atomic E-state index is -0.0254. The summed E-state index contributed by atoms with van der Waals surface area (Å²) in [6, 6.07) is 0.225. The molecule has 15 heavy (non-hydrogen) atoms. The Morgan fingerprint density at radius 2 is 2.33 bits per heavy atom. The van der Waals surface area contributed by atoms with Crippen molar-refractivity contribution in [3.05, 3.63) is 0 Å². The highest BCUT2D eigenvalue weighted by molar-refractivity contribution is 5.77. The summed E-state index contributed by atoms with van der Waals surface area (Å²) in [4.78, 5) is 11.3. The number of methoxy groups -OCH3 is 1. The first kappa shape index (κ1) is 13.9. The smallest absolute Gasteiger partial charge is 0.234 e. The van der Waals surface area contributed by atoms with E-state index in [2.05, 4.69) is 16.6 Å². The largest absolute Gasteiger partial charge is 0.383 e. The van der Waals surface area contributed by atoms with E-state index in [1.54, 1.807) is 7.11 Å². The van der Waals surface area contributed by atoms with E-state index in [1.807, 2.05) is 6.92 Å². The minimum absolute atomic E-state index is 0.0254. The summed E-state index contributed by atoms with van der Waals surface area (Å²) in [7, 11) is 1.60. The Labute approximate surface area is 91.8 Å². The topological polar surface area (TPSA) is 50.4 Å². The third kappa shape index (κ3) is 7.98. The van der Waals surface area contributed by atoms with E-state index in [4.69, 9.17) is 11.2 Å². The van der Waals surface area contributed by atoms with Gasteiger partial charge in [0.1, 0.15) is 0 Å². The van der Waals surface area contributed by atoms with E-state index in [-0.39, 0.29) is 11.9 Å². The second-order valence-electron chi connectivity index (χ2n) is 3.24. The van der Waals surface area contributed by atoms with Crippen LogP contribution in [0.2, 0.25) is 0 Å². The summed E-state index contributed by atoms with van der Waals surface area (Å²) in [6.45, 7) is 3.43. The van der Waals surface area contributed by atoms with Gasteiger partial charge in [-0.3, -0.25) is 4.79 Å². The molecule has 1 amide bonds. The van der Waals surface area contributed by atoms with Crippen LogP contribution >= 0.6 is 0 Å². The zero-order valence-electron chi connectivity index (χ0n) is 9.51. The molecule has 0 aromatic carbocycles. The highest BCUT2D eigenvalue weighted by Gasteiger charge is 2.06. The number of carbonyl (C=O) groups is 1. The Morgan fingerprint density at radius 1 is 1.60 bits per heavy atom. The van der Waals surface area contributed by atoms with E-state index < -0.39 is 0 Å². The van der Waals surface area contributed by atoms with E-state index >= 15 is 0 Å². The quantitative estimate of drug-likeness (QED) is 0.444. The highest BCUT2D eigenvalue weighted by Crippen LogP contribution is 1.94. The Kier molecular flexibility index (Phi) is 8.84. The Balaban J connectivity index is 3.55. The molecular formula is C11H20N2O2. The molecule has 0 aliphatic heterocycles. The molecule has 0 heterocycles. The molecule has 0 aliphatic rings. The van der Waals surface area contributed by atoms with Crippen molar-refractivity contribution < 1.29 is 9.53 Å². The van der Waals surface area contributed by atoms with E-state index in [1.165, 1.54) is 0 Å². The fourth-order valence-electron chi connectivity index (χ4n) is 1.10. The van der Waals surface area contributed by atoms with Gasteiger partial charge in [0.2, 0.25) is 5.91 Å². The van der Waals surface area contributed by atoms with Crippen molar-refractivity contribution in [2.45, 2.75) is 25.8 Å². The SMILES string of the molecule is C#CCC(CC)NCC(=O)NCCOC. The summed E-state index contributed by atoms with van der Waals surface area (Å²) in [6.07, 6.45) is 6.78. The average molecular weight is 212 g/mol. The van der Waals surface area contributed by atoms with Gasteiger partial charge in [0.25, 0.3) is 0 Å². The van der Waals surface area contributed by atoms with Crippen LogP contribution in [0.15, 0.2) is 0 Å². The molecule has 0 rings (SSSR count). The first-order valence-electron chi connectivity index (χ1n) is 5.17. The zero-order valence-corrected chi connectivity index (χ0v) is 9.51. The van der Waals surface area contributed by atoms with Gasteiger partial charge in [-0.05, 0) is 6.42 Å². The lowest BCUT2D eigenvalue weighted by Crippen LogP contribution is -2.39. The second-order valence-corrected chi connectivity index (χ2v) is 3.24. The van der Waals surface area contributed by atoms with Crippen LogP contribution in [0.3, 0.4) is 0 Å². The minimum Gasteiger partial charge on any atom is -0.383 e. The van der Waals surface area contributed by atoms with Crippen molar-refractivity contribution in [3.8, 4) is 12.3 Å². The lowest BCUT2D eigenvalue weighted by atomic mass is 10.1. The molecule has 0 radical (unpaired) electrons. The van der Waals surface area contributed by atoms with Crippen LogP contribution in [0.4, 0.5) is 0 Å². The maximum absolute atomic E-state index is 11.3. The van der Waals surface area contributed by atoms with Gasteiger partial charge in [0, 0.05) is 26.1 Å². The van der Waals surface area contributed by atoms with Gasteiger partial charge in [-0.2, -0.15) is 0 Å². The van der Waals surface area contributed by atoms with Crippen molar-refractivity contribution in [2.24, 2.45) is 0 Å². The predicted molar refractivity (Wildman–Crippen MR) is 60.4 cm³/mol. The van der Waals surface area contributed by atoms with Crippen LogP contribution in [0.5, 0.6) is 0 Å². The number of rotatable bonds is 8. The molecule has 0 saturated heterocycles. The Morgan fingerprint density at radius 3 is 2.87 bits per heavy atom. The van der Waals surface area contributed by atoms with Gasteiger partial charge < -0.3 is 15.4 Å². The van der Waals surface area contributed by atoms with Gasteiger partial charge in [-0.15, -0.1) is 12.3 Å². The number of carbonyl (C=O) groups excluding carboxylic acids is 1. The molecule has 0 bridgehead atoms. The summed E-state index contributed by atoms with van der Waals surface area (Å²) in [5.41, 5.74) is 0. The van der Waals surface area contributed by atoms with Crippen molar-refractivity contribution in [2.75, 3.05) is 26.8 Å². The Bertz CT molecular complexity index is 211. The van der Waals surface area contributed by atoms with Crippen molar-refractivity contribution >= 4 is 5.91 Å². The molecule has 4 nitrogen and oxygen atoms in total. The normalized spacial score (nSPS) is 11.8. The molecule has 0 aromatic rings. The fraction of sp³-hybridized carbons (Fsp3) is 0.727. The fourth-order valence-corrected chi connectivity index (χ4v) is 1.10. The molecule has 0 fully saturated rings. The van der Waals surface area contributed by atoms with Crippen LogP contribution in [0, 0.1) is 12.3 Å². The molecule has 1 atom stereocenters. The average Bonchev–Trinajstić information content (AvgIpc) is 2.24. The summed E-state index contributed by atoms with van der Waals surface area (Å²) >= 11 is 0. The van der Waals surface area contributed by atoms with Gasteiger partial charge in [0.15, 0.2) is 0 Å². The number of hydrogen-bond acceptors (Lipinski definition) is 3. The number of hydrogen-bond donors (Lipinski definition) is 2. The number of ether oxygens (including phenoxy) is 1. The highest BCUT2D eigenvalue weighted by atomic mass is 16.5. The monoisotopic (exact) mass is 212 g/mol. The maximum Gasteiger partial charge on any atom is 0.234 e. The third-order valence-corrected chi connectivity index (χ3v) is 2.04. The first-order chi connectivity index (χ1) is 7.24. The molecule has 0 saturated carbocycles. The molecule has 0 aromatic heterocycles. The number of terminal acetylenes is 1. The Hall–Kier alpha value is -1.05. The molecule has 0 spiro atoms. The number of nitrogens with one attached hydrogen (secondary N) is 2. The van der Waals surface area contributed by atoms with Gasteiger partial charge in [-0.1, -0.05) is 6.92 Å². The first-order valence-corrected chi connectivity index (χ1v) is 5.17. The van der Waals surface area contributed by atoms with E-state index in [0.29, 0.717) is 26.1 Å². The van der Waals surface area contributed by atoms with Crippen LogP contribution in [0.1, 0.15) is 19.8 Å². The second kappa shape index (κ2) is 9.50. The summed E-state index contributed by atoms with van der Waals surface area (Å²) < 4.78 is 4.82. The van der Waals surface area contributed by atoms with Crippen LogP contribution in [-0.2, 0) is 9.53 Å². The van der Waals surface area contributed by atoms with E-state index in [0.717, 1.165) is 6.42 Å². The lowest BCUT2D eigenvalue weighted by molar-refractivity contribution is -0.120. The van der Waals surface area contributed by atoms with E-state index in [9.17, 15) is 4.79 Å². The lowest BCUT2D eigenvalue weighted by Gasteiger charge is -2.13. The molecule has 86 valence electrons. The van der Waals surface area contributed by atoms with Gasteiger partial charge in [0.05, 0.1) is 13.2 Å². The summed E-state index contributed by atoms with van der Waals surface area (Å²) in [5, 5.41) is 5.83. The van der Waals surface area contributed by atoms with Crippen LogP contribution in [0.25, 0.3) is 0 Å². The third-order valence-electron chi connectivity index (χ3n) is 2.04. The molecule has 1 unspecified atom stereocenters. The molecular weight excluding hydrogens is 192 g/mol. The maximum atomic E-state index is 11.3. The van der Waals surface area contributed by atoms with Crippen molar-refractivity contribution in [3.63, 3.8) is 0 Å². The number of amides is 1. The predicted octanol–water partition coefficient (Wildman–Crippen LogP) is 0.141. The van der Waals surface area contributed by atoms with Crippen molar-refractivity contribution in [1.29, 1.82) is 0 Å². The van der Waals surface area contributed by atoms with Crippen molar-refractivity contribution in [1.82, 2.24) is 10.6 Å². The van der Waals surface area contributed by atoms with Crippen LogP contribution < -0.4 is 10.6 Å². The van der Waals surface area contributed by atoms with Gasteiger partial charge in [-0.25, -0.2) is 0 Å². The van der Waals surface area contributed by atoms with Crippen LogP contribution in [-0.4, -0.2) is 38.8 Å². The zero-order chi connectivity index (χ0) is 11.5. The van der Waals surface area contributed by atoms with Gasteiger partial charge >= 0.3 is 0 Å².